The first-order valence-corrected chi connectivity index (χ1v) is 11.9. The molecule has 1 saturated heterocycles. The zero-order valence-electron chi connectivity index (χ0n) is 20.3. The Labute approximate surface area is 201 Å². The molecule has 0 atom stereocenters. The number of nitrogens with zero attached hydrogens (tertiary/aromatic N) is 4. The Hall–Kier alpha value is -2.12. The lowest BCUT2D eigenvalue weighted by atomic mass is 10.3. The number of ether oxygens (including phenoxy) is 1. The first kappa shape index (κ1) is 29.9. The molecule has 0 radical (unpaired) electrons. The Morgan fingerprint density at radius 2 is 1.26 bits per heavy atom. The average molecular weight is 488 g/mol. The molecule has 0 bridgehead atoms. The minimum absolute atomic E-state index is 0.134. The van der Waals surface area contributed by atoms with Crippen LogP contribution >= 0.6 is 0 Å². The number of carboxylic acids is 2. The summed E-state index contributed by atoms with van der Waals surface area (Å²) in [4.78, 5) is 53.5. The summed E-state index contributed by atoms with van der Waals surface area (Å²) in [7, 11) is 0. The minimum Gasteiger partial charge on any atom is -0.480 e. The molecule has 34 heavy (non-hydrogen) atoms. The Morgan fingerprint density at radius 1 is 0.794 bits per heavy atom. The Kier molecular flexibility index (Phi) is 16.0. The van der Waals surface area contributed by atoms with Crippen LogP contribution in [0.4, 0.5) is 0 Å². The van der Waals surface area contributed by atoms with Crippen molar-refractivity contribution >= 4 is 24.1 Å². The second kappa shape index (κ2) is 18.2. The third kappa shape index (κ3) is 14.9. The number of aldehydes is 1. The van der Waals surface area contributed by atoms with Crippen LogP contribution in [0.5, 0.6) is 0 Å². The van der Waals surface area contributed by atoms with Gasteiger partial charge in [0.15, 0.2) is 0 Å². The lowest BCUT2D eigenvalue weighted by molar-refractivity contribution is -0.140. The molecule has 0 aromatic rings. The maximum absolute atomic E-state index is 12.4. The lowest BCUT2D eigenvalue weighted by Crippen LogP contribution is -2.49. The molecule has 0 aromatic heterocycles. The summed E-state index contributed by atoms with van der Waals surface area (Å²) in [6.45, 7) is 7.41. The fourth-order valence-electron chi connectivity index (χ4n) is 3.59. The Morgan fingerprint density at radius 3 is 1.71 bits per heavy atom. The Balaban J connectivity index is 2.73. The van der Waals surface area contributed by atoms with E-state index in [4.69, 9.17) is 4.74 Å². The summed E-state index contributed by atoms with van der Waals surface area (Å²) >= 11 is 0. The van der Waals surface area contributed by atoms with E-state index in [1.54, 1.807) is 9.80 Å². The van der Waals surface area contributed by atoms with Crippen LogP contribution in [0.25, 0.3) is 0 Å². The van der Waals surface area contributed by atoms with E-state index < -0.39 is 11.9 Å². The highest BCUT2D eigenvalue weighted by Gasteiger charge is 2.20. The smallest absolute Gasteiger partial charge is 0.317 e. The minimum atomic E-state index is -0.957. The maximum Gasteiger partial charge on any atom is 0.317 e. The van der Waals surface area contributed by atoms with Crippen molar-refractivity contribution in [2.24, 2.45) is 0 Å². The van der Waals surface area contributed by atoms with E-state index >= 15 is 0 Å². The molecule has 12 nitrogen and oxygen atoms in total. The van der Waals surface area contributed by atoms with Gasteiger partial charge in [0.2, 0.25) is 5.91 Å². The van der Waals surface area contributed by atoms with E-state index in [9.17, 15) is 29.4 Å². The van der Waals surface area contributed by atoms with Gasteiger partial charge in [0.05, 0.1) is 32.8 Å². The quantitative estimate of drug-likeness (QED) is 0.195. The molecule has 0 aromatic carbocycles. The zero-order chi connectivity index (χ0) is 25.2. The van der Waals surface area contributed by atoms with Crippen molar-refractivity contribution < 1.29 is 34.1 Å². The predicted octanol–water partition coefficient (Wildman–Crippen LogP) is -1.49. The van der Waals surface area contributed by atoms with Crippen LogP contribution in [0, 0.1) is 0 Å². The van der Waals surface area contributed by atoms with Crippen LogP contribution in [0.15, 0.2) is 0 Å². The van der Waals surface area contributed by atoms with Crippen LogP contribution in [0.1, 0.15) is 19.8 Å². The molecule has 0 unspecified atom stereocenters. The molecule has 1 rings (SSSR count). The van der Waals surface area contributed by atoms with Crippen molar-refractivity contribution in [3.05, 3.63) is 0 Å². The van der Waals surface area contributed by atoms with Gasteiger partial charge in [-0.3, -0.25) is 34.0 Å². The van der Waals surface area contributed by atoms with Gasteiger partial charge in [-0.1, -0.05) is 13.3 Å². The first-order valence-electron chi connectivity index (χ1n) is 11.9. The number of rotatable bonds is 14. The highest BCUT2D eigenvalue weighted by molar-refractivity contribution is 5.78. The van der Waals surface area contributed by atoms with Gasteiger partial charge in [-0.2, -0.15) is 0 Å². The molecule has 1 heterocycles. The fraction of sp³-hybridized carbons (Fsp3) is 0.818. The monoisotopic (exact) mass is 487 g/mol. The number of aliphatic carboxylic acids is 2. The molecule has 12 heteroatoms. The third-order valence-corrected chi connectivity index (χ3v) is 5.56. The van der Waals surface area contributed by atoms with Crippen LogP contribution in [-0.2, 0) is 23.9 Å². The van der Waals surface area contributed by atoms with E-state index in [-0.39, 0.29) is 32.1 Å². The van der Waals surface area contributed by atoms with Gasteiger partial charge in [0.25, 0.3) is 0 Å². The number of hydrogen-bond acceptors (Lipinski definition) is 9. The van der Waals surface area contributed by atoms with E-state index in [0.29, 0.717) is 72.1 Å². The zero-order valence-corrected chi connectivity index (χ0v) is 20.3. The van der Waals surface area contributed by atoms with Gasteiger partial charge in [-0.15, -0.1) is 0 Å². The van der Waals surface area contributed by atoms with E-state index in [1.165, 1.54) is 0 Å². The van der Waals surface area contributed by atoms with Gasteiger partial charge in [0.1, 0.15) is 6.29 Å². The van der Waals surface area contributed by atoms with Gasteiger partial charge in [-0.05, 0) is 6.42 Å². The largest absolute Gasteiger partial charge is 0.480 e. The van der Waals surface area contributed by atoms with Crippen molar-refractivity contribution in [3.63, 3.8) is 0 Å². The molecule has 3 N–H and O–H groups in total. The summed E-state index contributed by atoms with van der Waals surface area (Å²) < 4.78 is 5.46. The van der Waals surface area contributed by atoms with Crippen molar-refractivity contribution in [1.29, 1.82) is 0 Å². The van der Waals surface area contributed by atoms with Gasteiger partial charge >= 0.3 is 11.9 Å². The van der Waals surface area contributed by atoms with Crippen LogP contribution in [-0.4, -0.2) is 152 Å². The van der Waals surface area contributed by atoms with Crippen molar-refractivity contribution in [1.82, 2.24) is 24.9 Å². The van der Waals surface area contributed by atoms with Gasteiger partial charge in [-0.25, -0.2) is 0 Å². The SMILES string of the molecule is CCCCOCCNC(=O)CN1CCN(CC=O)CCN(CC(=O)O)CCN(CC(=O)O)CC1. The molecular formula is C22H41N5O7. The average Bonchev–Trinajstić information content (AvgIpc) is 2.77. The van der Waals surface area contributed by atoms with Crippen LogP contribution < -0.4 is 5.32 Å². The number of amides is 1. The van der Waals surface area contributed by atoms with Crippen LogP contribution in [0.2, 0.25) is 0 Å². The summed E-state index contributed by atoms with van der Waals surface area (Å²) in [5, 5.41) is 21.3. The molecule has 0 spiro atoms. The number of carboxylic acid groups (broad SMARTS) is 2. The second-order valence-corrected chi connectivity index (χ2v) is 8.40. The topological polar surface area (TPSA) is 143 Å². The van der Waals surface area contributed by atoms with E-state index in [0.717, 1.165) is 19.1 Å². The first-order chi connectivity index (χ1) is 16.3. The normalized spacial score (nSPS) is 18.0. The van der Waals surface area contributed by atoms with Gasteiger partial charge < -0.3 is 25.1 Å². The molecule has 1 aliphatic heterocycles. The summed E-state index contributed by atoms with van der Waals surface area (Å²) in [6, 6.07) is 0. The second-order valence-electron chi connectivity index (χ2n) is 8.40. The van der Waals surface area contributed by atoms with E-state index in [1.807, 2.05) is 9.80 Å². The molecule has 0 aliphatic carbocycles. The number of hydrogen-bond donors (Lipinski definition) is 3. The summed E-state index contributed by atoms with van der Waals surface area (Å²) in [5.41, 5.74) is 0. The number of unbranched alkanes of at least 4 members (excludes halogenated alkanes) is 1. The van der Waals surface area contributed by atoms with Crippen molar-refractivity contribution in [2.75, 3.05) is 98.3 Å². The number of nitrogens with one attached hydrogen (secondary N) is 1. The van der Waals surface area contributed by atoms with Crippen LogP contribution in [0.3, 0.4) is 0 Å². The molecule has 1 fully saturated rings. The number of carbonyl (C=O) groups is 4. The lowest BCUT2D eigenvalue weighted by Gasteiger charge is -2.32. The van der Waals surface area contributed by atoms with Crippen molar-refractivity contribution in [2.45, 2.75) is 19.8 Å². The fourth-order valence-corrected chi connectivity index (χ4v) is 3.59. The maximum atomic E-state index is 12.4. The highest BCUT2D eigenvalue weighted by atomic mass is 16.5. The van der Waals surface area contributed by atoms with E-state index in [2.05, 4.69) is 12.2 Å². The number of carbonyl (C=O) groups excluding carboxylic acids is 2. The molecule has 0 saturated carbocycles. The molecular weight excluding hydrogens is 446 g/mol. The highest BCUT2D eigenvalue weighted by Crippen LogP contribution is 2.01. The summed E-state index contributed by atoms with van der Waals surface area (Å²) in [5.74, 6) is -2.04. The summed E-state index contributed by atoms with van der Waals surface area (Å²) in [6.07, 6.45) is 2.86. The molecule has 196 valence electrons. The van der Waals surface area contributed by atoms with Crippen molar-refractivity contribution in [3.8, 4) is 0 Å². The molecule has 1 amide bonds. The molecule has 1 aliphatic rings. The Bertz CT molecular complexity index is 622. The predicted molar refractivity (Wildman–Crippen MR) is 126 cm³/mol. The standard InChI is InChI=1S/C22H41N5O7/c1-2-3-15-34-16-4-23-20(29)17-25-7-5-24(13-14-28)6-8-26(18-21(30)31)11-12-27(10-9-25)19-22(32)33/h14H,2-13,15-19H2,1H3,(H,23,29)(H,30,31)(H,32,33). The third-order valence-electron chi connectivity index (χ3n) is 5.56. The van der Waals surface area contributed by atoms with Gasteiger partial charge in [0, 0.05) is 65.5 Å².